The zero-order chi connectivity index (χ0) is 19.6. The molecule has 0 aromatic heterocycles. The number of amides is 2. The monoisotopic (exact) mass is 369 g/mol. The van der Waals surface area contributed by atoms with E-state index in [0.29, 0.717) is 13.0 Å². The number of carbonyl (C=O) groups excluding carboxylic acids is 1. The normalized spacial score (nSPS) is 12.0. The summed E-state index contributed by atoms with van der Waals surface area (Å²) in [6.45, 7) is 9.71. The van der Waals surface area contributed by atoms with Crippen LogP contribution in [-0.2, 0) is 19.5 Å². The number of aromatic hydroxyl groups is 1. The van der Waals surface area contributed by atoms with Gasteiger partial charge in [-0.3, -0.25) is 4.90 Å². The highest BCUT2D eigenvalue weighted by molar-refractivity contribution is 5.74. The molecule has 3 N–H and O–H groups in total. The molecule has 0 saturated carbocycles. The van der Waals surface area contributed by atoms with Crippen molar-refractivity contribution in [3.8, 4) is 5.75 Å². The van der Waals surface area contributed by atoms with E-state index in [4.69, 9.17) is 0 Å². The van der Waals surface area contributed by atoms with Gasteiger partial charge in [-0.15, -0.1) is 0 Å². The van der Waals surface area contributed by atoms with Gasteiger partial charge in [-0.25, -0.2) is 4.79 Å². The van der Waals surface area contributed by atoms with Crippen LogP contribution in [0.3, 0.4) is 0 Å². The third kappa shape index (κ3) is 6.94. The summed E-state index contributed by atoms with van der Waals surface area (Å²) < 4.78 is 0. The first-order valence-electron chi connectivity index (χ1n) is 9.63. The van der Waals surface area contributed by atoms with Gasteiger partial charge in [0.15, 0.2) is 0 Å². The summed E-state index contributed by atoms with van der Waals surface area (Å²) >= 11 is 0. The molecule has 0 spiro atoms. The molecule has 2 rings (SSSR count). The van der Waals surface area contributed by atoms with E-state index in [0.717, 1.165) is 30.8 Å². The van der Waals surface area contributed by atoms with Crippen LogP contribution in [0.5, 0.6) is 5.75 Å². The molecule has 0 heterocycles. The molecule has 27 heavy (non-hydrogen) atoms. The van der Waals surface area contributed by atoms with E-state index < -0.39 is 0 Å². The number of hydrogen-bond donors (Lipinski definition) is 3. The smallest absolute Gasteiger partial charge is 0.315 e. The molecule has 0 aliphatic carbocycles. The lowest BCUT2D eigenvalue weighted by molar-refractivity contribution is 0.237. The van der Waals surface area contributed by atoms with Crippen LogP contribution >= 0.6 is 0 Å². The molecule has 0 aliphatic rings. The average Bonchev–Trinajstić information content (AvgIpc) is 2.67. The Balaban J connectivity index is 1.85. The van der Waals surface area contributed by atoms with Crippen LogP contribution in [-0.4, -0.2) is 35.2 Å². The molecular formula is C22H31N3O2. The van der Waals surface area contributed by atoms with Gasteiger partial charge >= 0.3 is 6.03 Å². The quantitative estimate of drug-likeness (QED) is 0.632. The fraction of sp³-hybridized carbons (Fsp3) is 0.409. The minimum atomic E-state index is -0.168. The maximum atomic E-state index is 12.2. The molecule has 0 radical (unpaired) electrons. The van der Waals surface area contributed by atoms with Crippen LogP contribution in [0.15, 0.2) is 48.5 Å². The average molecular weight is 370 g/mol. The van der Waals surface area contributed by atoms with Gasteiger partial charge in [-0.2, -0.15) is 0 Å². The summed E-state index contributed by atoms with van der Waals surface area (Å²) in [5.74, 6) is 0.250. The van der Waals surface area contributed by atoms with Gasteiger partial charge in [-0.05, 0) is 55.3 Å². The largest absolute Gasteiger partial charge is 0.508 e. The zero-order valence-corrected chi connectivity index (χ0v) is 16.5. The maximum absolute atomic E-state index is 12.2. The van der Waals surface area contributed by atoms with Crippen LogP contribution in [0.4, 0.5) is 4.79 Å². The van der Waals surface area contributed by atoms with Crippen LogP contribution in [0.2, 0.25) is 0 Å². The first kappa shape index (κ1) is 20.8. The van der Waals surface area contributed by atoms with Gasteiger partial charge in [-0.1, -0.05) is 50.2 Å². The fourth-order valence-corrected chi connectivity index (χ4v) is 3.06. The van der Waals surface area contributed by atoms with E-state index in [1.807, 2.05) is 31.2 Å². The van der Waals surface area contributed by atoms with Crippen LogP contribution in [0.1, 0.15) is 37.5 Å². The Kier molecular flexibility index (Phi) is 8.14. The Hall–Kier alpha value is -2.53. The van der Waals surface area contributed by atoms with Crippen molar-refractivity contribution in [1.29, 1.82) is 0 Å². The number of nitrogens with one attached hydrogen (secondary N) is 2. The summed E-state index contributed by atoms with van der Waals surface area (Å²) in [7, 11) is 0. The van der Waals surface area contributed by atoms with Crippen molar-refractivity contribution in [2.24, 2.45) is 0 Å². The number of carbonyl (C=O) groups is 1. The molecule has 5 heteroatoms. The molecule has 0 saturated heterocycles. The van der Waals surface area contributed by atoms with Gasteiger partial charge in [0.2, 0.25) is 0 Å². The highest BCUT2D eigenvalue weighted by Crippen LogP contribution is 2.12. The van der Waals surface area contributed by atoms with Crippen molar-refractivity contribution in [1.82, 2.24) is 15.5 Å². The number of rotatable bonds is 9. The predicted molar refractivity (Wildman–Crippen MR) is 110 cm³/mol. The van der Waals surface area contributed by atoms with E-state index in [1.165, 1.54) is 5.56 Å². The summed E-state index contributed by atoms with van der Waals surface area (Å²) in [6.07, 6.45) is 0.715. The molecule has 0 unspecified atom stereocenters. The van der Waals surface area contributed by atoms with E-state index in [9.17, 15) is 9.90 Å². The van der Waals surface area contributed by atoms with Crippen LogP contribution in [0.25, 0.3) is 0 Å². The summed E-state index contributed by atoms with van der Waals surface area (Å²) in [6, 6.07) is 15.1. The highest BCUT2D eigenvalue weighted by atomic mass is 16.3. The lowest BCUT2D eigenvalue weighted by atomic mass is 10.1. The van der Waals surface area contributed by atoms with E-state index in [2.05, 4.69) is 41.5 Å². The van der Waals surface area contributed by atoms with Gasteiger partial charge in [0.25, 0.3) is 0 Å². The van der Waals surface area contributed by atoms with Gasteiger partial charge < -0.3 is 15.7 Å². The van der Waals surface area contributed by atoms with Crippen molar-refractivity contribution in [3.63, 3.8) is 0 Å². The molecule has 2 aromatic carbocycles. The first-order chi connectivity index (χ1) is 13.0. The zero-order valence-electron chi connectivity index (χ0n) is 16.5. The maximum Gasteiger partial charge on any atom is 0.315 e. The summed E-state index contributed by atoms with van der Waals surface area (Å²) in [5, 5.41) is 15.3. The molecular weight excluding hydrogens is 338 g/mol. The van der Waals surface area contributed by atoms with Crippen LogP contribution in [0, 0.1) is 0 Å². The Morgan fingerprint density at radius 3 is 2.30 bits per heavy atom. The van der Waals surface area contributed by atoms with E-state index >= 15 is 0 Å². The summed E-state index contributed by atoms with van der Waals surface area (Å²) in [4.78, 5) is 14.6. The van der Waals surface area contributed by atoms with E-state index in [-0.39, 0.29) is 17.8 Å². The fourth-order valence-electron chi connectivity index (χ4n) is 3.06. The lowest BCUT2D eigenvalue weighted by Crippen LogP contribution is -2.41. The second-order valence-corrected chi connectivity index (χ2v) is 6.83. The number of phenolic OH excluding ortho intramolecular Hbond substituents is 1. The SMILES string of the molecule is CCN(CC)Cc1ccccc1CNC(=O)N[C@@H](C)Cc1ccc(O)cc1. The van der Waals surface area contributed by atoms with Crippen molar-refractivity contribution in [3.05, 3.63) is 65.2 Å². The second kappa shape index (κ2) is 10.6. The minimum Gasteiger partial charge on any atom is -0.508 e. The number of urea groups is 1. The second-order valence-electron chi connectivity index (χ2n) is 6.83. The van der Waals surface area contributed by atoms with Gasteiger partial charge in [0.1, 0.15) is 5.75 Å². The third-order valence-corrected chi connectivity index (χ3v) is 4.70. The Morgan fingerprint density at radius 2 is 1.67 bits per heavy atom. The standard InChI is InChI=1S/C22H31N3O2/c1-4-25(5-2)16-20-9-7-6-8-19(20)15-23-22(27)24-17(3)14-18-10-12-21(26)13-11-18/h6-13,17,26H,4-5,14-16H2,1-3H3,(H2,23,24,27)/t17-/m0/s1. The number of nitrogens with zero attached hydrogens (tertiary/aromatic N) is 1. The highest BCUT2D eigenvalue weighted by Gasteiger charge is 2.10. The number of phenols is 1. The molecule has 5 nitrogen and oxygen atoms in total. The molecule has 0 fully saturated rings. The molecule has 0 aliphatic heterocycles. The van der Waals surface area contributed by atoms with Crippen molar-refractivity contribution < 1.29 is 9.90 Å². The topological polar surface area (TPSA) is 64.6 Å². The lowest BCUT2D eigenvalue weighted by Gasteiger charge is -2.20. The molecule has 2 aromatic rings. The molecule has 2 amide bonds. The Bertz CT molecular complexity index is 712. The van der Waals surface area contributed by atoms with Crippen molar-refractivity contribution in [2.75, 3.05) is 13.1 Å². The van der Waals surface area contributed by atoms with E-state index in [1.54, 1.807) is 12.1 Å². The van der Waals surface area contributed by atoms with Crippen LogP contribution < -0.4 is 10.6 Å². The van der Waals surface area contributed by atoms with Crippen molar-refractivity contribution in [2.45, 2.75) is 46.3 Å². The van der Waals surface area contributed by atoms with Gasteiger partial charge in [0, 0.05) is 19.1 Å². The third-order valence-electron chi connectivity index (χ3n) is 4.70. The molecule has 0 bridgehead atoms. The first-order valence-corrected chi connectivity index (χ1v) is 9.63. The molecule has 1 atom stereocenters. The minimum absolute atomic E-state index is 0.000427. The Morgan fingerprint density at radius 1 is 1.04 bits per heavy atom. The molecule has 146 valence electrons. The predicted octanol–water partition coefficient (Wildman–Crippen LogP) is 3.66. The van der Waals surface area contributed by atoms with Crippen molar-refractivity contribution >= 4 is 6.03 Å². The Labute approximate surface area is 162 Å². The number of benzene rings is 2. The van der Waals surface area contributed by atoms with Gasteiger partial charge in [0.05, 0.1) is 0 Å². The number of hydrogen-bond acceptors (Lipinski definition) is 3. The summed E-state index contributed by atoms with van der Waals surface area (Å²) in [5.41, 5.74) is 3.47.